The van der Waals surface area contributed by atoms with Gasteiger partial charge in [0.1, 0.15) is 0 Å². The quantitative estimate of drug-likeness (QED) is 0.849. The Morgan fingerprint density at radius 2 is 1.91 bits per heavy atom. The second-order valence-corrected chi connectivity index (χ2v) is 7.31. The number of carbonyl (C=O) groups is 1. The van der Waals surface area contributed by atoms with Gasteiger partial charge in [-0.05, 0) is 43.9 Å². The van der Waals surface area contributed by atoms with Gasteiger partial charge in [-0.1, -0.05) is 27.2 Å². The number of carbonyl (C=O) groups excluding carboxylic acids is 1. The highest BCUT2D eigenvalue weighted by Crippen LogP contribution is 2.22. The van der Waals surface area contributed by atoms with Gasteiger partial charge in [0.25, 0.3) is 0 Å². The molecule has 4 heteroatoms. The highest BCUT2D eigenvalue weighted by molar-refractivity contribution is 5.82. The summed E-state index contributed by atoms with van der Waals surface area (Å²) < 4.78 is 5.42. The third-order valence-electron chi connectivity index (χ3n) is 5.31. The molecule has 0 aromatic rings. The first-order valence-corrected chi connectivity index (χ1v) is 9.24. The Morgan fingerprint density at radius 3 is 2.55 bits per heavy atom. The number of ether oxygens (including phenoxy) is 1. The zero-order valence-corrected chi connectivity index (χ0v) is 14.6. The summed E-state index contributed by atoms with van der Waals surface area (Å²) in [6.45, 7) is 10.1. The Morgan fingerprint density at radius 1 is 1.18 bits per heavy atom. The molecule has 0 unspecified atom stereocenters. The molecule has 2 saturated heterocycles. The van der Waals surface area contributed by atoms with Crippen LogP contribution in [0.4, 0.5) is 0 Å². The van der Waals surface area contributed by atoms with Gasteiger partial charge in [0.2, 0.25) is 5.91 Å². The van der Waals surface area contributed by atoms with Gasteiger partial charge >= 0.3 is 0 Å². The minimum atomic E-state index is -0.0405. The van der Waals surface area contributed by atoms with Crippen LogP contribution in [0, 0.1) is 11.8 Å². The molecule has 128 valence electrons. The molecular formula is C18H34N2O2. The maximum absolute atomic E-state index is 13.0. The summed E-state index contributed by atoms with van der Waals surface area (Å²) in [6.07, 6.45) is 6.90. The number of likely N-dealkylation sites (tertiary alicyclic amines) is 1. The van der Waals surface area contributed by atoms with Crippen LogP contribution in [0.25, 0.3) is 0 Å². The average Bonchev–Trinajstić information content (AvgIpc) is 2.78. The Bertz CT molecular complexity index is 340. The van der Waals surface area contributed by atoms with E-state index in [-0.39, 0.29) is 6.04 Å². The van der Waals surface area contributed by atoms with E-state index in [9.17, 15) is 4.79 Å². The molecule has 0 aromatic heterocycles. The Labute approximate surface area is 136 Å². The molecule has 1 amide bonds. The van der Waals surface area contributed by atoms with Crippen LogP contribution >= 0.6 is 0 Å². The number of hydrogen-bond acceptors (Lipinski definition) is 3. The number of nitrogens with one attached hydrogen (secondary N) is 1. The van der Waals surface area contributed by atoms with Gasteiger partial charge < -0.3 is 15.0 Å². The first-order chi connectivity index (χ1) is 10.6. The van der Waals surface area contributed by atoms with Gasteiger partial charge in [-0.2, -0.15) is 0 Å². The minimum Gasteiger partial charge on any atom is -0.381 e. The molecular weight excluding hydrogens is 276 g/mol. The Kier molecular flexibility index (Phi) is 7.16. The average molecular weight is 310 g/mol. The number of rotatable bonds is 5. The fourth-order valence-corrected chi connectivity index (χ4v) is 3.66. The predicted octanol–water partition coefficient (Wildman–Crippen LogP) is 2.82. The highest BCUT2D eigenvalue weighted by Gasteiger charge is 2.30. The number of amides is 1. The van der Waals surface area contributed by atoms with Crippen LogP contribution in [-0.4, -0.2) is 49.2 Å². The van der Waals surface area contributed by atoms with Crippen LogP contribution in [0.5, 0.6) is 0 Å². The highest BCUT2D eigenvalue weighted by atomic mass is 16.5. The number of hydrogen-bond donors (Lipinski definition) is 1. The van der Waals surface area contributed by atoms with Crippen molar-refractivity contribution < 1.29 is 9.53 Å². The van der Waals surface area contributed by atoms with Gasteiger partial charge in [0.05, 0.1) is 6.04 Å². The van der Waals surface area contributed by atoms with Crippen molar-refractivity contribution in [1.29, 1.82) is 0 Å². The molecule has 0 radical (unpaired) electrons. The van der Waals surface area contributed by atoms with E-state index in [0.29, 0.717) is 17.9 Å². The van der Waals surface area contributed by atoms with Crippen molar-refractivity contribution in [3.63, 3.8) is 0 Å². The van der Waals surface area contributed by atoms with Crippen LogP contribution in [0.15, 0.2) is 0 Å². The van der Waals surface area contributed by atoms with Gasteiger partial charge in [-0.3, -0.25) is 4.79 Å². The van der Waals surface area contributed by atoms with E-state index >= 15 is 0 Å². The van der Waals surface area contributed by atoms with Crippen LogP contribution in [-0.2, 0) is 9.53 Å². The standard InChI is InChI=1S/C18H34N2O2/c1-4-15-6-5-10-20(11-7-15)18(21)17(14(2)3)19-16-8-12-22-13-9-16/h14-17,19H,4-13H2,1-3H3/t15-,17-/m0/s1. The smallest absolute Gasteiger partial charge is 0.239 e. The third kappa shape index (κ3) is 4.95. The zero-order valence-electron chi connectivity index (χ0n) is 14.6. The molecule has 0 spiro atoms. The summed E-state index contributed by atoms with van der Waals surface area (Å²) in [5.74, 6) is 1.46. The molecule has 4 nitrogen and oxygen atoms in total. The SMILES string of the molecule is CC[C@H]1CCCN(C(=O)[C@@H](NC2CCOCC2)C(C)C)CC1. The van der Waals surface area contributed by atoms with Crippen LogP contribution in [0.3, 0.4) is 0 Å². The number of nitrogens with zero attached hydrogens (tertiary/aromatic N) is 1. The predicted molar refractivity (Wildman–Crippen MR) is 89.8 cm³/mol. The summed E-state index contributed by atoms with van der Waals surface area (Å²) in [7, 11) is 0. The normalized spacial score (nSPS) is 26.0. The summed E-state index contributed by atoms with van der Waals surface area (Å²) in [4.78, 5) is 15.1. The molecule has 2 aliphatic rings. The Hall–Kier alpha value is -0.610. The van der Waals surface area contributed by atoms with Crippen molar-refractivity contribution in [1.82, 2.24) is 10.2 Å². The van der Waals surface area contributed by atoms with Crippen molar-refractivity contribution in [3.8, 4) is 0 Å². The van der Waals surface area contributed by atoms with E-state index in [2.05, 4.69) is 31.0 Å². The van der Waals surface area contributed by atoms with Crippen molar-refractivity contribution in [3.05, 3.63) is 0 Å². The first-order valence-electron chi connectivity index (χ1n) is 9.24. The first kappa shape index (κ1) is 17.7. The summed E-state index contributed by atoms with van der Waals surface area (Å²) >= 11 is 0. The molecule has 2 atom stereocenters. The maximum Gasteiger partial charge on any atom is 0.239 e. The molecule has 2 rings (SSSR count). The van der Waals surface area contributed by atoms with Crippen LogP contribution in [0.2, 0.25) is 0 Å². The fraction of sp³-hybridized carbons (Fsp3) is 0.944. The lowest BCUT2D eigenvalue weighted by molar-refractivity contribution is -0.135. The van der Waals surface area contributed by atoms with E-state index in [4.69, 9.17) is 4.74 Å². The van der Waals surface area contributed by atoms with Crippen LogP contribution < -0.4 is 5.32 Å². The van der Waals surface area contributed by atoms with Crippen molar-refractivity contribution in [2.45, 2.75) is 71.4 Å². The minimum absolute atomic E-state index is 0.0405. The molecule has 0 saturated carbocycles. The molecule has 0 aliphatic carbocycles. The third-order valence-corrected chi connectivity index (χ3v) is 5.31. The van der Waals surface area contributed by atoms with Gasteiger partial charge in [-0.25, -0.2) is 0 Å². The van der Waals surface area contributed by atoms with Gasteiger partial charge in [0, 0.05) is 32.3 Å². The fourth-order valence-electron chi connectivity index (χ4n) is 3.66. The van der Waals surface area contributed by atoms with Gasteiger partial charge in [-0.15, -0.1) is 0 Å². The lowest BCUT2D eigenvalue weighted by Crippen LogP contribution is -2.53. The van der Waals surface area contributed by atoms with E-state index in [1.165, 1.54) is 19.3 Å². The Balaban J connectivity index is 1.93. The molecule has 1 N–H and O–H groups in total. The van der Waals surface area contributed by atoms with E-state index in [0.717, 1.165) is 51.5 Å². The zero-order chi connectivity index (χ0) is 15.9. The van der Waals surface area contributed by atoms with Crippen molar-refractivity contribution in [2.75, 3.05) is 26.3 Å². The molecule has 22 heavy (non-hydrogen) atoms. The lowest BCUT2D eigenvalue weighted by Gasteiger charge is -2.33. The van der Waals surface area contributed by atoms with E-state index in [1.807, 2.05) is 0 Å². The molecule has 0 aromatic carbocycles. The largest absolute Gasteiger partial charge is 0.381 e. The van der Waals surface area contributed by atoms with Crippen molar-refractivity contribution >= 4 is 5.91 Å². The summed E-state index contributed by atoms with van der Waals surface area (Å²) in [6, 6.07) is 0.391. The monoisotopic (exact) mass is 310 g/mol. The lowest BCUT2D eigenvalue weighted by atomic mass is 9.98. The summed E-state index contributed by atoms with van der Waals surface area (Å²) in [5, 5.41) is 3.63. The molecule has 2 heterocycles. The summed E-state index contributed by atoms with van der Waals surface area (Å²) in [5.41, 5.74) is 0. The molecule has 2 fully saturated rings. The molecule has 2 aliphatic heterocycles. The van der Waals surface area contributed by atoms with Gasteiger partial charge in [0.15, 0.2) is 0 Å². The second kappa shape index (κ2) is 8.88. The van der Waals surface area contributed by atoms with E-state index < -0.39 is 0 Å². The van der Waals surface area contributed by atoms with Crippen molar-refractivity contribution in [2.24, 2.45) is 11.8 Å². The second-order valence-electron chi connectivity index (χ2n) is 7.31. The molecule has 0 bridgehead atoms. The van der Waals surface area contributed by atoms with E-state index in [1.54, 1.807) is 0 Å². The van der Waals surface area contributed by atoms with Crippen LogP contribution in [0.1, 0.15) is 59.3 Å². The topological polar surface area (TPSA) is 41.6 Å². The maximum atomic E-state index is 13.0.